The fraction of sp³-hybridized carbons (Fsp3) is 0.381. The van der Waals surface area contributed by atoms with E-state index in [0.29, 0.717) is 30.2 Å². The van der Waals surface area contributed by atoms with Gasteiger partial charge in [-0.05, 0) is 44.5 Å². The summed E-state index contributed by atoms with van der Waals surface area (Å²) in [4.78, 5) is 32.3. The molecule has 2 heterocycles. The van der Waals surface area contributed by atoms with E-state index in [2.05, 4.69) is 4.98 Å². The van der Waals surface area contributed by atoms with Gasteiger partial charge in [-0.2, -0.15) is 0 Å². The Bertz CT molecular complexity index is 1080. The van der Waals surface area contributed by atoms with Crippen LogP contribution in [0.1, 0.15) is 48.9 Å². The van der Waals surface area contributed by atoms with Gasteiger partial charge in [-0.3, -0.25) is 14.0 Å². The molecule has 1 unspecified atom stereocenters. The minimum atomic E-state index is -0.883. The predicted molar refractivity (Wildman–Crippen MR) is 112 cm³/mol. The van der Waals surface area contributed by atoms with Crippen LogP contribution in [-0.2, 0) is 11.3 Å². The molecule has 0 saturated carbocycles. The third kappa shape index (κ3) is 4.48. The van der Waals surface area contributed by atoms with Crippen LogP contribution < -0.4 is 10.5 Å². The number of hydrogen-bond acceptors (Lipinski definition) is 5. The molecule has 1 atom stereocenters. The third-order valence-corrected chi connectivity index (χ3v) is 5.99. The number of carboxylic acid groups (broad SMARTS) is 1. The Hall–Kier alpha value is -2.74. The number of carbonyl (C=O) groups is 1. The van der Waals surface area contributed by atoms with Crippen molar-refractivity contribution < 1.29 is 14.3 Å². The molecule has 8 heteroatoms. The highest BCUT2D eigenvalue weighted by atomic mass is 32.1. The summed E-state index contributed by atoms with van der Waals surface area (Å²) in [7, 11) is 0. The van der Waals surface area contributed by atoms with E-state index in [1.165, 1.54) is 29.5 Å². The number of hydrogen-bond donors (Lipinski definition) is 1. The molecule has 0 fully saturated rings. The van der Waals surface area contributed by atoms with Crippen LogP contribution in [-0.4, -0.2) is 27.0 Å². The number of anilines is 1. The van der Waals surface area contributed by atoms with E-state index in [0.717, 1.165) is 16.3 Å². The Labute approximate surface area is 172 Å². The molecule has 1 aromatic carbocycles. The van der Waals surface area contributed by atoms with E-state index in [1.807, 2.05) is 25.7 Å². The molecule has 2 aromatic heterocycles. The quantitative estimate of drug-likeness (QED) is 0.595. The maximum Gasteiger partial charge on any atom is 0.304 e. The standard InChI is InChI=1S/C21H24FN3O3S/c1-4-14(10-19(27)28)20-13(3)29-21-23-16(11-18(26)25(20)21)12-24(5-2)17-8-6-15(22)7-9-17/h6-9,11,14H,4-5,10,12H2,1-3H3,(H,27,28). The smallest absolute Gasteiger partial charge is 0.304 e. The molecule has 3 rings (SSSR count). The zero-order chi connectivity index (χ0) is 21.1. The molecular formula is C21H24FN3O3S. The van der Waals surface area contributed by atoms with Gasteiger partial charge in [0.15, 0.2) is 4.96 Å². The first-order valence-corrected chi connectivity index (χ1v) is 10.4. The Kier molecular flexibility index (Phi) is 6.32. The number of benzene rings is 1. The molecule has 0 aliphatic heterocycles. The summed E-state index contributed by atoms with van der Waals surface area (Å²) in [5, 5.41) is 9.21. The first kappa shape index (κ1) is 21.0. The highest BCUT2D eigenvalue weighted by Crippen LogP contribution is 2.31. The number of aliphatic carboxylic acids is 1. The monoisotopic (exact) mass is 417 g/mol. The van der Waals surface area contributed by atoms with Gasteiger partial charge in [0.25, 0.3) is 5.56 Å². The van der Waals surface area contributed by atoms with Crippen molar-refractivity contribution in [1.29, 1.82) is 0 Å². The zero-order valence-electron chi connectivity index (χ0n) is 16.7. The van der Waals surface area contributed by atoms with Gasteiger partial charge < -0.3 is 10.0 Å². The third-order valence-electron chi connectivity index (χ3n) is 5.01. The summed E-state index contributed by atoms with van der Waals surface area (Å²) in [5.41, 5.74) is 2.01. The molecule has 0 amide bonds. The van der Waals surface area contributed by atoms with E-state index in [-0.39, 0.29) is 23.7 Å². The number of nitrogens with zero attached hydrogens (tertiary/aromatic N) is 3. The Morgan fingerprint density at radius 1 is 1.31 bits per heavy atom. The SMILES string of the molecule is CCC(CC(=O)O)c1c(C)sc2nc(CN(CC)c3ccc(F)cc3)cc(=O)n12. The second kappa shape index (κ2) is 8.73. The number of halogens is 1. The van der Waals surface area contributed by atoms with Gasteiger partial charge in [0.05, 0.1) is 18.7 Å². The molecule has 6 nitrogen and oxygen atoms in total. The van der Waals surface area contributed by atoms with Crippen LogP contribution in [0.4, 0.5) is 10.1 Å². The van der Waals surface area contributed by atoms with Gasteiger partial charge in [0.1, 0.15) is 5.82 Å². The van der Waals surface area contributed by atoms with Crippen LogP contribution in [0.3, 0.4) is 0 Å². The van der Waals surface area contributed by atoms with Crippen LogP contribution in [0, 0.1) is 12.7 Å². The molecule has 29 heavy (non-hydrogen) atoms. The summed E-state index contributed by atoms with van der Waals surface area (Å²) in [6.45, 7) is 6.91. The van der Waals surface area contributed by atoms with Gasteiger partial charge in [0.2, 0.25) is 0 Å². The van der Waals surface area contributed by atoms with Gasteiger partial charge in [-0.15, -0.1) is 11.3 Å². The lowest BCUT2D eigenvalue weighted by atomic mass is 9.97. The fourth-order valence-corrected chi connectivity index (χ4v) is 4.65. The second-order valence-corrected chi connectivity index (χ2v) is 8.12. The molecule has 0 aliphatic rings. The summed E-state index contributed by atoms with van der Waals surface area (Å²) in [5.74, 6) is -1.42. The van der Waals surface area contributed by atoms with Crippen molar-refractivity contribution in [3.8, 4) is 0 Å². The van der Waals surface area contributed by atoms with Crippen LogP contribution in [0.15, 0.2) is 35.1 Å². The minimum Gasteiger partial charge on any atom is -0.481 e. The van der Waals surface area contributed by atoms with Gasteiger partial charge >= 0.3 is 5.97 Å². The normalized spacial score (nSPS) is 12.3. The topological polar surface area (TPSA) is 74.9 Å². The summed E-state index contributed by atoms with van der Waals surface area (Å²) in [6, 6.07) is 7.73. The molecule has 1 N–H and O–H groups in total. The minimum absolute atomic E-state index is 0.0223. The summed E-state index contributed by atoms with van der Waals surface area (Å²) >= 11 is 1.40. The van der Waals surface area contributed by atoms with Crippen LogP contribution >= 0.6 is 11.3 Å². The summed E-state index contributed by atoms with van der Waals surface area (Å²) in [6.07, 6.45) is 0.604. The van der Waals surface area contributed by atoms with Crippen molar-refractivity contribution in [2.75, 3.05) is 11.4 Å². The zero-order valence-corrected chi connectivity index (χ0v) is 17.5. The lowest BCUT2D eigenvalue weighted by molar-refractivity contribution is -0.137. The number of carboxylic acids is 1. The predicted octanol–water partition coefficient (Wildman–Crippen LogP) is 4.20. The molecular weight excluding hydrogens is 393 g/mol. The van der Waals surface area contributed by atoms with E-state index in [4.69, 9.17) is 0 Å². The van der Waals surface area contributed by atoms with Gasteiger partial charge in [-0.1, -0.05) is 6.92 Å². The Morgan fingerprint density at radius 3 is 2.59 bits per heavy atom. The second-order valence-electron chi connectivity index (χ2n) is 6.94. The van der Waals surface area contributed by atoms with Crippen molar-refractivity contribution in [3.05, 3.63) is 62.8 Å². The summed E-state index contributed by atoms with van der Waals surface area (Å²) < 4.78 is 14.8. The maximum absolute atomic E-state index is 13.2. The lowest BCUT2D eigenvalue weighted by Gasteiger charge is -2.22. The van der Waals surface area contributed by atoms with Gasteiger partial charge in [0, 0.05) is 34.8 Å². The van der Waals surface area contributed by atoms with E-state index in [9.17, 15) is 19.1 Å². The molecule has 3 aromatic rings. The molecule has 0 radical (unpaired) electrons. The first-order valence-electron chi connectivity index (χ1n) is 9.58. The van der Waals surface area contributed by atoms with Crippen molar-refractivity contribution in [2.24, 2.45) is 0 Å². The van der Waals surface area contributed by atoms with Crippen LogP contribution in [0.5, 0.6) is 0 Å². The number of rotatable bonds is 8. The average molecular weight is 418 g/mol. The van der Waals surface area contributed by atoms with E-state index >= 15 is 0 Å². The van der Waals surface area contributed by atoms with Crippen LogP contribution in [0.2, 0.25) is 0 Å². The fourth-order valence-electron chi connectivity index (χ4n) is 3.57. The Balaban J connectivity index is 1.99. The van der Waals surface area contributed by atoms with E-state index in [1.54, 1.807) is 16.5 Å². The molecule has 0 spiro atoms. The number of aryl methyl sites for hydroxylation is 1. The first-order chi connectivity index (χ1) is 13.8. The average Bonchev–Trinajstić information content (AvgIpc) is 3.01. The van der Waals surface area contributed by atoms with Gasteiger partial charge in [-0.25, -0.2) is 9.37 Å². The van der Waals surface area contributed by atoms with E-state index < -0.39 is 5.97 Å². The molecule has 0 aliphatic carbocycles. The maximum atomic E-state index is 13.2. The van der Waals surface area contributed by atoms with Crippen molar-refractivity contribution in [1.82, 2.24) is 9.38 Å². The molecule has 0 saturated heterocycles. The number of aromatic nitrogens is 2. The van der Waals surface area contributed by atoms with Crippen molar-refractivity contribution in [2.45, 2.75) is 46.1 Å². The highest BCUT2D eigenvalue weighted by molar-refractivity contribution is 7.17. The Morgan fingerprint density at radius 2 is 2.00 bits per heavy atom. The molecule has 154 valence electrons. The van der Waals surface area contributed by atoms with Crippen LogP contribution in [0.25, 0.3) is 4.96 Å². The molecule has 0 bridgehead atoms. The van der Waals surface area contributed by atoms with Crippen molar-refractivity contribution in [3.63, 3.8) is 0 Å². The number of fused-ring (bicyclic) bond motifs is 1. The lowest BCUT2D eigenvalue weighted by Crippen LogP contribution is -2.25. The largest absolute Gasteiger partial charge is 0.481 e. The van der Waals surface area contributed by atoms with Crippen molar-refractivity contribution >= 4 is 28.0 Å². The number of thiazole rings is 1. The highest BCUT2D eigenvalue weighted by Gasteiger charge is 2.23.